The van der Waals surface area contributed by atoms with Crippen LogP contribution in [-0.2, 0) is 16.0 Å². The van der Waals surface area contributed by atoms with Crippen molar-refractivity contribution in [3.63, 3.8) is 0 Å². The SMILES string of the molecule is N[C@@H](Cc1c[nH]c2ccccc12)C(=O)NCCNC(=O)C1CC1. The maximum Gasteiger partial charge on any atom is 0.237 e. The van der Waals surface area contributed by atoms with Crippen LogP contribution in [0, 0.1) is 5.92 Å². The molecule has 0 saturated heterocycles. The van der Waals surface area contributed by atoms with Crippen molar-refractivity contribution >= 4 is 22.7 Å². The molecule has 1 atom stereocenters. The first-order valence-electron chi connectivity index (χ1n) is 8.01. The van der Waals surface area contributed by atoms with E-state index >= 15 is 0 Å². The molecule has 122 valence electrons. The van der Waals surface area contributed by atoms with Crippen LogP contribution in [0.15, 0.2) is 30.5 Å². The van der Waals surface area contributed by atoms with Crippen molar-refractivity contribution in [2.45, 2.75) is 25.3 Å². The number of para-hydroxylation sites is 1. The number of hydrogen-bond donors (Lipinski definition) is 4. The Kier molecular flexibility index (Phi) is 4.62. The van der Waals surface area contributed by atoms with E-state index in [1.165, 1.54) is 0 Å². The van der Waals surface area contributed by atoms with Crippen molar-refractivity contribution in [2.24, 2.45) is 11.7 Å². The number of aromatic nitrogens is 1. The quantitative estimate of drug-likeness (QED) is 0.565. The van der Waals surface area contributed by atoms with Crippen LogP contribution in [0.2, 0.25) is 0 Å². The number of hydrogen-bond acceptors (Lipinski definition) is 3. The molecule has 1 aliphatic rings. The molecule has 1 aromatic carbocycles. The molecule has 23 heavy (non-hydrogen) atoms. The maximum atomic E-state index is 12.0. The van der Waals surface area contributed by atoms with Gasteiger partial charge in [0.25, 0.3) is 0 Å². The zero-order chi connectivity index (χ0) is 16.2. The molecule has 1 heterocycles. The Hall–Kier alpha value is -2.34. The molecule has 0 unspecified atom stereocenters. The molecule has 1 aliphatic carbocycles. The number of fused-ring (bicyclic) bond motifs is 1. The van der Waals surface area contributed by atoms with Gasteiger partial charge < -0.3 is 21.4 Å². The summed E-state index contributed by atoms with van der Waals surface area (Å²) >= 11 is 0. The number of H-pyrrole nitrogens is 1. The van der Waals surface area contributed by atoms with Crippen molar-refractivity contribution in [1.29, 1.82) is 0 Å². The van der Waals surface area contributed by atoms with Crippen molar-refractivity contribution in [2.75, 3.05) is 13.1 Å². The molecule has 2 amide bonds. The fraction of sp³-hybridized carbons (Fsp3) is 0.412. The molecular formula is C17H22N4O2. The number of rotatable bonds is 7. The highest BCUT2D eigenvalue weighted by Crippen LogP contribution is 2.28. The second-order valence-electron chi connectivity index (χ2n) is 6.03. The second kappa shape index (κ2) is 6.83. The second-order valence-corrected chi connectivity index (χ2v) is 6.03. The van der Waals surface area contributed by atoms with Gasteiger partial charge in [-0.1, -0.05) is 18.2 Å². The van der Waals surface area contributed by atoms with Gasteiger partial charge >= 0.3 is 0 Å². The molecule has 6 nitrogen and oxygen atoms in total. The van der Waals surface area contributed by atoms with E-state index in [1.54, 1.807) is 0 Å². The monoisotopic (exact) mass is 314 g/mol. The number of carbonyl (C=O) groups excluding carboxylic acids is 2. The van der Waals surface area contributed by atoms with Gasteiger partial charge in [-0.15, -0.1) is 0 Å². The molecule has 6 heteroatoms. The molecule has 5 N–H and O–H groups in total. The van der Waals surface area contributed by atoms with E-state index in [4.69, 9.17) is 5.73 Å². The van der Waals surface area contributed by atoms with Crippen LogP contribution in [0.3, 0.4) is 0 Å². The van der Waals surface area contributed by atoms with Crippen molar-refractivity contribution in [1.82, 2.24) is 15.6 Å². The summed E-state index contributed by atoms with van der Waals surface area (Å²) in [6, 6.07) is 7.33. The standard InChI is InChI=1S/C17H22N4O2/c18-14(9-12-10-21-15-4-2-1-3-13(12)15)17(23)20-8-7-19-16(22)11-5-6-11/h1-4,10-11,14,21H,5-9,18H2,(H,19,22)(H,20,23)/t14-/m0/s1. The summed E-state index contributed by atoms with van der Waals surface area (Å²) in [6.45, 7) is 0.847. The molecule has 0 spiro atoms. The minimum absolute atomic E-state index is 0.0855. The minimum Gasteiger partial charge on any atom is -0.361 e. The minimum atomic E-state index is -0.603. The van der Waals surface area contributed by atoms with Crippen LogP contribution < -0.4 is 16.4 Å². The summed E-state index contributed by atoms with van der Waals surface area (Å²) in [5.41, 5.74) is 8.06. The average molecular weight is 314 g/mol. The van der Waals surface area contributed by atoms with Gasteiger partial charge in [-0.2, -0.15) is 0 Å². The maximum absolute atomic E-state index is 12.0. The predicted octanol–water partition coefficient (Wildman–Crippen LogP) is 0.680. The van der Waals surface area contributed by atoms with Gasteiger partial charge in [0.1, 0.15) is 0 Å². The van der Waals surface area contributed by atoms with E-state index < -0.39 is 6.04 Å². The van der Waals surface area contributed by atoms with Gasteiger partial charge in [0.2, 0.25) is 11.8 Å². The van der Waals surface area contributed by atoms with E-state index in [-0.39, 0.29) is 17.7 Å². The van der Waals surface area contributed by atoms with Crippen LogP contribution in [-0.4, -0.2) is 35.9 Å². The predicted molar refractivity (Wildman–Crippen MR) is 88.7 cm³/mol. The van der Waals surface area contributed by atoms with Crippen molar-refractivity contribution < 1.29 is 9.59 Å². The van der Waals surface area contributed by atoms with Gasteiger partial charge in [-0.05, 0) is 30.9 Å². The van der Waals surface area contributed by atoms with Gasteiger partial charge in [-0.25, -0.2) is 0 Å². The topological polar surface area (TPSA) is 100 Å². The Morgan fingerprint density at radius 3 is 2.74 bits per heavy atom. The normalized spacial score (nSPS) is 15.3. The van der Waals surface area contributed by atoms with Gasteiger partial charge in [0, 0.05) is 36.1 Å². The number of carbonyl (C=O) groups is 2. The number of nitrogens with one attached hydrogen (secondary N) is 3. The van der Waals surface area contributed by atoms with Crippen molar-refractivity contribution in [3.05, 3.63) is 36.0 Å². The molecule has 3 rings (SSSR count). The largest absolute Gasteiger partial charge is 0.361 e. The summed E-state index contributed by atoms with van der Waals surface area (Å²) in [6.07, 6.45) is 4.33. The van der Waals surface area contributed by atoms with Crippen LogP contribution in [0.5, 0.6) is 0 Å². The average Bonchev–Trinajstić information content (AvgIpc) is 3.34. The van der Waals surface area contributed by atoms with E-state index in [2.05, 4.69) is 15.6 Å². The summed E-state index contributed by atoms with van der Waals surface area (Å²) in [5, 5.41) is 6.67. The Morgan fingerprint density at radius 1 is 1.22 bits per heavy atom. The number of aromatic amines is 1. The highest BCUT2D eigenvalue weighted by Gasteiger charge is 2.29. The van der Waals surface area contributed by atoms with E-state index in [9.17, 15) is 9.59 Å². The molecule has 1 aromatic heterocycles. The zero-order valence-electron chi connectivity index (χ0n) is 13.0. The highest BCUT2D eigenvalue weighted by molar-refractivity contribution is 5.86. The Balaban J connectivity index is 1.44. The molecular weight excluding hydrogens is 292 g/mol. The van der Waals surface area contributed by atoms with Gasteiger partial charge in [-0.3, -0.25) is 9.59 Å². The summed E-state index contributed by atoms with van der Waals surface area (Å²) < 4.78 is 0. The smallest absolute Gasteiger partial charge is 0.237 e. The first-order chi connectivity index (χ1) is 11.1. The molecule has 2 aromatic rings. The van der Waals surface area contributed by atoms with E-state index in [0.717, 1.165) is 29.3 Å². The Bertz CT molecular complexity index is 705. The summed E-state index contributed by atoms with van der Waals surface area (Å²) in [5.74, 6) is 0.0770. The molecule has 1 fully saturated rings. The van der Waals surface area contributed by atoms with Gasteiger partial charge in [0.05, 0.1) is 6.04 Å². The van der Waals surface area contributed by atoms with Crippen molar-refractivity contribution in [3.8, 4) is 0 Å². The van der Waals surface area contributed by atoms with Crippen LogP contribution in [0.4, 0.5) is 0 Å². The fourth-order valence-corrected chi connectivity index (χ4v) is 2.62. The lowest BCUT2D eigenvalue weighted by molar-refractivity contribution is -0.124. The number of amides is 2. The molecule has 0 aliphatic heterocycles. The van der Waals surface area contributed by atoms with Crippen LogP contribution >= 0.6 is 0 Å². The summed E-state index contributed by atoms with van der Waals surface area (Å²) in [7, 11) is 0. The first kappa shape index (κ1) is 15.6. The number of benzene rings is 1. The molecule has 0 bridgehead atoms. The first-order valence-corrected chi connectivity index (χ1v) is 8.01. The molecule has 1 saturated carbocycles. The highest BCUT2D eigenvalue weighted by atomic mass is 16.2. The van der Waals surface area contributed by atoms with E-state index in [1.807, 2.05) is 30.5 Å². The fourth-order valence-electron chi connectivity index (χ4n) is 2.62. The zero-order valence-corrected chi connectivity index (χ0v) is 13.0. The van der Waals surface area contributed by atoms with Crippen LogP contribution in [0.1, 0.15) is 18.4 Å². The third-order valence-corrected chi connectivity index (χ3v) is 4.12. The Labute approximate surface area is 134 Å². The lowest BCUT2D eigenvalue weighted by atomic mass is 10.1. The van der Waals surface area contributed by atoms with Crippen LogP contribution in [0.25, 0.3) is 10.9 Å². The number of nitrogens with two attached hydrogens (primary N) is 1. The van der Waals surface area contributed by atoms with E-state index in [0.29, 0.717) is 19.5 Å². The third-order valence-electron chi connectivity index (χ3n) is 4.12. The molecule has 0 radical (unpaired) electrons. The lowest BCUT2D eigenvalue weighted by Crippen LogP contribution is -2.44. The summed E-state index contributed by atoms with van der Waals surface area (Å²) in [4.78, 5) is 26.7. The lowest BCUT2D eigenvalue weighted by Gasteiger charge is -2.12. The van der Waals surface area contributed by atoms with Gasteiger partial charge in [0.15, 0.2) is 0 Å². The Morgan fingerprint density at radius 2 is 1.96 bits per heavy atom. The third kappa shape index (κ3) is 3.90.